The lowest BCUT2D eigenvalue weighted by Crippen LogP contribution is -2.14. The van der Waals surface area contributed by atoms with Gasteiger partial charge in [-0.25, -0.2) is 0 Å². The Kier molecular flexibility index (Phi) is 5.30. The van der Waals surface area contributed by atoms with Crippen LogP contribution in [0.15, 0.2) is 78.9 Å². The molecule has 3 aromatic rings. The second kappa shape index (κ2) is 7.80. The zero-order valence-corrected chi connectivity index (χ0v) is 14.7. The molecule has 0 atom stereocenters. The fourth-order valence-corrected chi connectivity index (χ4v) is 2.86. The highest BCUT2D eigenvalue weighted by Crippen LogP contribution is 2.19. The fourth-order valence-electron chi connectivity index (χ4n) is 2.86. The molecule has 0 radical (unpaired) electrons. The van der Waals surface area contributed by atoms with Gasteiger partial charge in [-0.1, -0.05) is 74.5 Å². The molecule has 0 aliphatic carbocycles. The van der Waals surface area contributed by atoms with Crippen LogP contribution in [0.5, 0.6) is 0 Å². The summed E-state index contributed by atoms with van der Waals surface area (Å²) in [6, 6.07) is 26.1. The monoisotopic (exact) mass is 329 g/mol. The van der Waals surface area contributed by atoms with E-state index in [2.05, 4.69) is 43.4 Å². The Morgan fingerprint density at radius 3 is 2.16 bits per heavy atom. The molecule has 3 aromatic carbocycles. The number of amides is 1. The molecule has 126 valence electrons. The first-order valence-corrected chi connectivity index (χ1v) is 8.66. The maximum absolute atomic E-state index is 12.7. The molecule has 1 N–H and O–H groups in total. The number of hydrogen-bond acceptors (Lipinski definition) is 1. The predicted molar refractivity (Wildman–Crippen MR) is 104 cm³/mol. The molecule has 0 bridgehead atoms. The minimum Gasteiger partial charge on any atom is -0.322 e. The van der Waals surface area contributed by atoms with E-state index in [0.29, 0.717) is 5.92 Å². The Hall–Kier alpha value is -2.87. The number of anilines is 1. The van der Waals surface area contributed by atoms with Gasteiger partial charge in [0.2, 0.25) is 0 Å². The van der Waals surface area contributed by atoms with E-state index in [1.54, 1.807) is 0 Å². The lowest BCUT2D eigenvalue weighted by Gasteiger charge is -2.11. The maximum atomic E-state index is 12.7. The van der Waals surface area contributed by atoms with Crippen LogP contribution >= 0.6 is 0 Å². The third-order valence-electron chi connectivity index (χ3n) is 4.33. The first-order valence-electron chi connectivity index (χ1n) is 8.66. The van der Waals surface area contributed by atoms with Gasteiger partial charge in [-0.05, 0) is 47.2 Å². The highest BCUT2D eigenvalue weighted by Gasteiger charge is 2.11. The quantitative estimate of drug-likeness (QED) is 0.643. The first-order chi connectivity index (χ1) is 12.1. The molecule has 0 aromatic heterocycles. The van der Waals surface area contributed by atoms with Gasteiger partial charge < -0.3 is 5.32 Å². The molecule has 0 aliphatic rings. The molecule has 0 aliphatic heterocycles. The average Bonchev–Trinajstić information content (AvgIpc) is 2.63. The van der Waals surface area contributed by atoms with E-state index in [0.717, 1.165) is 23.2 Å². The summed E-state index contributed by atoms with van der Waals surface area (Å²) in [5.41, 5.74) is 5.04. The summed E-state index contributed by atoms with van der Waals surface area (Å²) >= 11 is 0. The van der Waals surface area contributed by atoms with Crippen molar-refractivity contribution < 1.29 is 4.79 Å². The van der Waals surface area contributed by atoms with Crippen LogP contribution < -0.4 is 5.32 Å². The summed E-state index contributed by atoms with van der Waals surface area (Å²) in [7, 11) is 0. The molecule has 2 heteroatoms. The summed E-state index contributed by atoms with van der Waals surface area (Å²) < 4.78 is 0. The number of nitrogens with one attached hydrogen (secondary N) is 1. The molecule has 25 heavy (non-hydrogen) atoms. The SMILES string of the molecule is CC(C)c1ccc(NC(=O)c2ccccc2Cc2ccccc2)cc1. The van der Waals surface area contributed by atoms with Gasteiger partial charge in [-0.3, -0.25) is 4.79 Å². The van der Waals surface area contributed by atoms with Gasteiger partial charge in [0.15, 0.2) is 0 Å². The first kappa shape index (κ1) is 17.0. The number of carbonyl (C=O) groups is 1. The lowest BCUT2D eigenvalue weighted by molar-refractivity contribution is 0.102. The van der Waals surface area contributed by atoms with Crippen molar-refractivity contribution in [2.45, 2.75) is 26.2 Å². The van der Waals surface area contributed by atoms with Crippen molar-refractivity contribution >= 4 is 11.6 Å². The summed E-state index contributed by atoms with van der Waals surface area (Å²) in [6.45, 7) is 4.32. The van der Waals surface area contributed by atoms with E-state index >= 15 is 0 Å². The highest BCUT2D eigenvalue weighted by molar-refractivity contribution is 6.05. The van der Waals surface area contributed by atoms with E-state index in [4.69, 9.17) is 0 Å². The molecule has 2 nitrogen and oxygen atoms in total. The van der Waals surface area contributed by atoms with Gasteiger partial charge in [-0.2, -0.15) is 0 Å². The van der Waals surface area contributed by atoms with Crippen LogP contribution in [0, 0.1) is 0 Å². The summed E-state index contributed by atoms with van der Waals surface area (Å²) in [4.78, 5) is 12.7. The number of rotatable bonds is 5. The number of carbonyl (C=O) groups excluding carboxylic acids is 1. The van der Waals surface area contributed by atoms with E-state index in [9.17, 15) is 4.79 Å². The zero-order valence-electron chi connectivity index (χ0n) is 14.7. The molecule has 0 saturated heterocycles. The molecule has 3 rings (SSSR count). The third-order valence-corrected chi connectivity index (χ3v) is 4.33. The van der Waals surface area contributed by atoms with Crippen LogP contribution in [0.2, 0.25) is 0 Å². The van der Waals surface area contributed by atoms with Crippen molar-refractivity contribution in [3.63, 3.8) is 0 Å². The molecule has 1 amide bonds. The minimum absolute atomic E-state index is 0.0659. The second-order valence-corrected chi connectivity index (χ2v) is 6.55. The Morgan fingerprint density at radius 1 is 0.840 bits per heavy atom. The number of benzene rings is 3. The van der Waals surface area contributed by atoms with Crippen molar-refractivity contribution in [1.82, 2.24) is 0 Å². The van der Waals surface area contributed by atoms with Gasteiger partial charge in [0, 0.05) is 11.3 Å². The van der Waals surface area contributed by atoms with Crippen LogP contribution in [0.1, 0.15) is 46.8 Å². The van der Waals surface area contributed by atoms with Crippen molar-refractivity contribution in [2.75, 3.05) is 5.32 Å². The van der Waals surface area contributed by atoms with Gasteiger partial charge in [-0.15, -0.1) is 0 Å². The van der Waals surface area contributed by atoms with E-state index in [1.807, 2.05) is 54.6 Å². The molecule has 0 saturated carbocycles. The zero-order chi connectivity index (χ0) is 17.6. The second-order valence-electron chi connectivity index (χ2n) is 6.55. The van der Waals surface area contributed by atoms with Crippen molar-refractivity contribution in [1.29, 1.82) is 0 Å². The van der Waals surface area contributed by atoms with Crippen molar-refractivity contribution in [2.24, 2.45) is 0 Å². The summed E-state index contributed by atoms with van der Waals surface area (Å²) in [5, 5.41) is 3.01. The Balaban J connectivity index is 1.78. The smallest absolute Gasteiger partial charge is 0.255 e. The van der Waals surface area contributed by atoms with Gasteiger partial charge in [0.05, 0.1) is 0 Å². The van der Waals surface area contributed by atoms with Crippen LogP contribution in [-0.4, -0.2) is 5.91 Å². The Bertz CT molecular complexity index is 835. The third kappa shape index (κ3) is 4.36. The van der Waals surface area contributed by atoms with Crippen LogP contribution in [0.4, 0.5) is 5.69 Å². The van der Waals surface area contributed by atoms with Crippen LogP contribution in [0.25, 0.3) is 0 Å². The predicted octanol–water partition coefficient (Wildman–Crippen LogP) is 5.65. The number of hydrogen-bond donors (Lipinski definition) is 1. The molecular weight excluding hydrogens is 306 g/mol. The lowest BCUT2D eigenvalue weighted by atomic mass is 9.99. The molecule has 0 spiro atoms. The molecular formula is C23H23NO. The molecule has 0 unspecified atom stereocenters. The summed E-state index contributed by atoms with van der Waals surface area (Å²) in [6.07, 6.45) is 0.747. The topological polar surface area (TPSA) is 29.1 Å². The maximum Gasteiger partial charge on any atom is 0.255 e. The highest BCUT2D eigenvalue weighted by atomic mass is 16.1. The largest absolute Gasteiger partial charge is 0.322 e. The Morgan fingerprint density at radius 2 is 1.48 bits per heavy atom. The Labute approximate surface area is 149 Å². The molecule has 0 heterocycles. The fraction of sp³-hybridized carbons (Fsp3) is 0.174. The normalized spacial score (nSPS) is 10.7. The van der Waals surface area contributed by atoms with Crippen LogP contribution in [-0.2, 0) is 6.42 Å². The minimum atomic E-state index is -0.0659. The van der Waals surface area contributed by atoms with Gasteiger partial charge in [0.25, 0.3) is 5.91 Å². The van der Waals surface area contributed by atoms with E-state index < -0.39 is 0 Å². The standard InChI is InChI=1S/C23H23NO/c1-17(2)19-12-14-21(15-13-19)24-23(25)22-11-7-6-10-20(22)16-18-8-4-3-5-9-18/h3-15,17H,16H2,1-2H3,(H,24,25). The van der Waals surface area contributed by atoms with Gasteiger partial charge >= 0.3 is 0 Å². The molecule has 0 fully saturated rings. The average molecular weight is 329 g/mol. The van der Waals surface area contributed by atoms with E-state index in [1.165, 1.54) is 11.1 Å². The van der Waals surface area contributed by atoms with Crippen molar-refractivity contribution in [3.05, 3.63) is 101 Å². The van der Waals surface area contributed by atoms with Crippen molar-refractivity contribution in [3.8, 4) is 0 Å². The van der Waals surface area contributed by atoms with Gasteiger partial charge in [0.1, 0.15) is 0 Å². The van der Waals surface area contributed by atoms with Crippen LogP contribution in [0.3, 0.4) is 0 Å². The summed E-state index contributed by atoms with van der Waals surface area (Å²) in [5.74, 6) is 0.417. The van der Waals surface area contributed by atoms with E-state index in [-0.39, 0.29) is 5.91 Å².